The van der Waals surface area contributed by atoms with Gasteiger partial charge in [0, 0.05) is 24.3 Å². The van der Waals surface area contributed by atoms with E-state index in [1.807, 2.05) is 42.5 Å². The summed E-state index contributed by atoms with van der Waals surface area (Å²) in [6.45, 7) is 3.59. The summed E-state index contributed by atoms with van der Waals surface area (Å²) in [5.41, 5.74) is 3.94. The normalized spacial score (nSPS) is 16.9. The second kappa shape index (κ2) is 10.0. The van der Waals surface area contributed by atoms with E-state index >= 15 is 0 Å². The number of fused-ring (bicyclic) bond motifs is 1. The lowest BCUT2D eigenvalue weighted by molar-refractivity contribution is -0.136. The molecular weight excluding hydrogens is 424 g/mol. The number of hydrogen-bond acceptors (Lipinski definition) is 5. The van der Waals surface area contributed by atoms with E-state index in [-0.39, 0.29) is 24.4 Å². The Kier molecular flexibility index (Phi) is 6.93. The van der Waals surface area contributed by atoms with Gasteiger partial charge in [0.1, 0.15) is 5.82 Å². The fourth-order valence-corrected chi connectivity index (χ4v) is 4.39. The molecule has 4 N–H and O–H groups in total. The van der Waals surface area contributed by atoms with E-state index in [0.717, 1.165) is 23.6 Å². The van der Waals surface area contributed by atoms with Gasteiger partial charge in [-0.25, -0.2) is 4.98 Å². The summed E-state index contributed by atoms with van der Waals surface area (Å²) in [5, 5.41) is 20.5. The molecule has 0 amide bonds. The van der Waals surface area contributed by atoms with Crippen molar-refractivity contribution in [2.45, 2.75) is 31.3 Å². The van der Waals surface area contributed by atoms with Crippen molar-refractivity contribution in [3.63, 3.8) is 0 Å². The van der Waals surface area contributed by atoms with E-state index in [1.54, 1.807) is 12.3 Å². The molecule has 0 aliphatic carbocycles. The lowest BCUT2D eigenvalue weighted by Gasteiger charge is -2.35. The largest absolute Gasteiger partial charge is 0.481 e. The molecule has 3 aromatic rings. The molecule has 0 radical (unpaired) electrons. The van der Waals surface area contributed by atoms with Crippen LogP contribution >= 0.6 is 11.6 Å². The summed E-state index contributed by atoms with van der Waals surface area (Å²) in [6, 6.07) is 20.0. The van der Waals surface area contributed by atoms with E-state index in [1.165, 1.54) is 5.56 Å². The molecule has 3 atom stereocenters. The Hall–Kier alpha value is -3.09. The number of aromatic nitrogens is 1. The van der Waals surface area contributed by atoms with Crippen molar-refractivity contribution >= 4 is 29.1 Å². The van der Waals surface area contributed by atoms with E-state index in [2.05, 4.69) is 40.0 Å². The van der Waals surface area contributed by atoms with Crippen molar-refractivity contribution < 1.29 is 9.90 Å². The van der Waals surface area contributed by atoms with Gasteiger partial charge >= 0.3 is 5.97 Å². The number of pyridine rings is 1. The number of nitrogens with one attached hydrogen (secondary N) is 3. The van der Waals surface area contributed by atoms with Gasteiger partial charge in [-0.2, -0.15) is 0 Å². The van der Waals surface area contributed by atoms with Gasteiger partial charge in [0.2, 0.25) is 0 Å². The zero-order valence-electron chi connectivity index (χ0n) is 17.9. The Bertz CT molecular complexity index is 1080. The van der Waals surface area contributed by atoms with Gasteiger partial charge < -0.3 is 21.1 Å². The van der Waals surface area contributed by atoms with Gasteiger partial charge in [0.15, 0.2) is 0 Å². The van der Waals surface area contributed by atoms with Gasteiger partial charge in [-0.3, -0.25) is 4.79 Å². The van der Waals surface area contributed by atoms with Crippen LogP contribution in [0.1, 0.15) is 35.6 Å². The summed E-state index contributed by atoms with van der Waals surface area (Å²) >= 11 is 6.27. The standard InChI is InChI=1S/C25H27ClN4O2/c1-16(19-10-17(12-23(31)32)11-20(26)13-19)14-29-24(18-6-3-2-4-7-18)22-15-28-21-8-5-9-27-25(21)30-22/h2-11,13,16,22,24,28-29H,12,14-15H2,1H3,(H,27,30)(H,31,32)/t16-,22-,24-/m1/s1. The minimum atomic E-state index is -0.863. The van der Waals surface area contributed by atoms with Crippen LogP contribution < -0.4 is 16.0 Å². The third kappa shape index (κ3) is 5.39. The molecule has 0 saturated heterocycles. The second-order valence-corrected chi connectivity index (χ2v) is 8.63. The molecule has 6 nitrogen and oxygen atoms in total. The highest BCUT2D eigenvalue weighted by atomic mass is 35.5. The Morgan fingerprint density at radius 3 is 2.78 bits per heavy atom. The van der Waals surface area contributed by atoms with Crippen LogP contribution in [0, 0.1) is 0 Å². The molecule has 4 rings (SSSR count). The van der Waals surface area contributed by atoms with E-state index in [4.69, 9.17) is 16.7 Å². The molecule has 0 unspecified atom stereocenters. The first-order valence-corrected chi connectivity index (χ1v) is 11.1. The fraction of sp³-hybridized carbons (Fsp3) is 0.280. The van der Waals surface area contributed by atoms with Crippen molar-refractivity contribution in [2.24, 2.45) is 0 Å². The maximum atomic E-state index is 11.1. The van der Waals surface area contributed by atoms with Crippen LogP contribution in [-0.4, -0.2) is 35.2 Å². The SMILES string of the molecule is C[C@H](CN[C@H](c1ccccc1)[C@H]1CNc2cccnc2N1)c1cc(Cl)cc(CC(=O)O)c1. The Labute approximate surface area is 193 Å². The minimum Gasteiger partial charge on any atom is -0.481 e. The first-order valence-electron chi connectivity index (χ1n) is 10.7. The average Bonchev–Trinajstić information content (AvgIpc) is 2.79. The molecule has 1 aromatic heterocycles. The highest BCUT2D eigenvalue weighted by Gasteiger charge is 2.27. The van der Waals surface area contributed by atoms with Crippen LogP contribution in [-0.2, 0) is 11.2 Å². The maximum absolute atomic E-state index is 11.1. The first-order chi connectivity index (χ1) is 15.5. The molecular formula is C25H27ClN4O2. The fourth-order valence-electron chi connectivity index (χ4n) is 4.12. The van der Waals surface area contributed by atoms with Crippen molar-refractivity contribution in [3.05, 3.63) is 88.6 Å². The van der Waals surface area contributed by atoms with E-state index < -0.39 is 5.97 Å². The van der Waals surface area contributed by atoms with Gasteiger partial charge in [-0.05, 0) is 46.9 Å². The lowest BCUT2D eigenvalue weighted by atomic mass is 9.94. The van der Waals surface area contributed by atoms with E-state index in [9.17, 15) is 4.79 Å². The average molecular weight is 451 g/mol. The summed E-state index contributed by atoms with van der Waals surface area (Å²) in [4.78, 5) is 15.6. The molecule has 32 heavy (non-hydrogen) atoms. The second-order valence-electron chi connectivity index (χ2n) is 8.19. The number of anilines is 2. The number of carboxylic acids is 1. The van der Waals surface area contributed by atoms with Crippen LogP contribution in [0.2, 0.25) is 5.02 Å². The summed E-state index contributed by atoms with van der Waals surface area (Å²) in [6.07, 6.45) is 1.75. The van der Waals surface area contributed by atoms with Crippen LogP contribution in [0.3, 0.4) is 0 Å². The highest BCUT2D eigenvalue weighted by molar-refractivity contribution is 6.30. The maximum Gasteiger partial charge on any atom is 0.307 e. The van der Waals surface area contributed by atoms with Crippen LogP contribution in [0.25, 0.3) is 0 Å². The van der Waals surface area contributed by atoms with Crippen LogP contribution in [0.4, 0.5) is 11.5 Å². The number of benzene rings is 2. The lowest BCUT2D eigenvalue weighted by Crippen LogP contribution is -2.45. The van der Waals surface area contributed by atoms with Gasteiger partial charge in [0.05, 0.1) is 24.2 Å². The zero-order chi connectivity index (χ0) is 22.5. The van der Waals surface area contributed by atoms with Crippen molar-refractivity contribution in [1.29, 1.82) is 0 Å². The number of aliphatic carboxylic acids is 1. The number of carbonyl (C=O) groups is 1. The Morgan fingerprint density at radius 1 is 1.19 bits per heavy atom. The number of hydrogen-bond donors (Lipinski definition) is 4. The third-order valence-corrected chi connectivity index (χ3v) is 5.97. The molecule has 0 spiro atoms. The topological polar surface area (TPSA) is 86.3 Å². The molecule has 1 aliphatic rings. The van der Waals surface area contributed by atoms with Crippen molar-refractivity contribution in [3.8, 4) is 0 Å². The molecule has 0 fully saturated rings. The number of nitrogens with zero attached hydrogens (tertiary/aromatic N) is 1. The molecule has 166 valence electrons. The molecule has 1 aliphatic heterocycles. The predicted molar refractivity (Wildman–Crippen MR) is 129 cm³/mol. The van der Waals surface area contributed by atoms with E-state index in [0.29, 0.717) is 17.1 Å². The Morgan fingerprint density at radius 2 is 2.00 bits per heavy atom. The molecule has 0 bridgehead atoms. The highest BCUT2D eigenvalue weighted by Crippen LogP contribution is 2.29. The summed E-state index contributed by atoms with van der Waals surface area (Å²) in [7, 11) is 0. The summed E-state index contributed by atoms with van der Waals surface area (Å²) in [5.74, 6) is 0.139. The smallest absolute Gasteiger partial charge is 0.307 e. The van der Waals surface area contributed by atoms with Gasteiger partial charge in [0.25, 0.3) is 0 Å². The third-order valence-electron chi connectivity index (χ3n) is 5.75. The molecule has 7 heteroatoms. The van der Waals surface area contributed by atoms with Crippen LogP contribution in [0.15, 0.2) is 66.9 Å². The van der Waals surface area contributed by atoms with Gasteiger partial charge in [-0.1, -0.05) is 54.9 Å². The Balaban J connectivity index is 1.51. The first kappa shape index (κ1) is 22.1. The number of carboxylic acid groups (broad SMARTS) is 1. The number of rotatable bonds is 8. The predicted octanol–water partition coefficient (Wildman–Crippen LogP) is 4.70. The molecule has 0 saturated carbocycles. The van der Waals surface area contributed by atoms with Crippen molar-refractivity contribution in [1.82, 2.24) is 10.3 Å². The zero-order valence-corrected chi connectivity index (χ0v) is 18.6. The monoisotopic (exact) mass is 450 g/mol. The molecule has 2 heterocycles. The van der Waals surface area contributed by atoms with Crippen LogP contribution in [0.5, 0.6) is 0 Å². The van der Waals surface area contributed by atoms with Crippen molar-refractivity contribution in [2.75, 3.05) is 23.7 Å². The number of halogens is 1. The minimum absolute atomic E-state index is 0.0373. The molecule has 2 aromatic carbocycles. The summed E-state index contributed by atoms with van der Waals surface area (Å²) < 4.78 is 0. The van der Waals surface area contributed by atoms with Gasteiger partial charge in [-0.15, -0.1) is 0 Å². The quantitative estimate of drug-likeness (QED) is 0.398.